The minimum absolute atomic E-state index is 0.0670. The summed E-state index contributed by atoms with van der Waals surface area (Å²) >= 11 is 0. The molecule has 1 aliphatic heterocycles. The molecule has 0 radical (unpaired) electrons. The molecule has 0 aromatic carbocycles. The first kappa shape index (κ1) is 24.1. The highest BCUT2D eigenvalue weighted by Crippen LogP contribution is 2.35. The average molecular weight is 446 g/mol. The van der Waals surface area contributed by atoms with Gasteiger partial charge in [0.15, 0.2) is 0 Å². The Morgan fingerprint density at radius 2 is 1.81 bits per heavy atom. The van der Waals surface area contributed by atoms with Gasteiger partial charge in [-0.05, 0) is 51.4 Å². The third-order valence-electron chi connectivity index (χ3n) is 6.65. The monoisotopic (exact) mass is 445 g/mol. The highest BCUT2D eigenvalue weighted by Gasteiger charge is 2.38. The van der Waals surface area contributed by atoms with Crippen LogP contribution in [0.25, 0.3) is 0 Å². The largest absolute Gasteiger partial charge is 0.483 e. The Morgan fingerprint density at radius 1 is 1.09 bits per heavy atom. The molecule has 32 heavy (non-hydrogen) atoms. The van der Waals surface area contributed by atoms with Crippen LogP contribution in [0.15, 0.2) is 12.4 Å². The van der Waals surface area contributed by atoms with Crippen molar-refractivity contribution in [3.63, 3.8) is 0 Å². The number of carbonyl (C=O) groups excluding carboxylic acids is 2. The van der Waals surface area contributed by atoms with Crippen LogP contribution in [0.5, 0.6) is 0 Å². The summed E-state index contributed by atoms with van der Waals surface area (Å²) in [6, 6.07) is 0.630. The van der Waals surface area contributed by atoms with E-state index in [9.17, 15) is 9.59 Å². The zero-order valence-corrected chi connectivity index (χ0v) is 18.8. The Kier molecular flexibility index (Phi) is 8.96. The van der Waals surface area contributed by atoms with Crippen LogP contribution in [-0.4, -0.2) is 63.4 Å². The molecule has 2 heterocycles. The first-order valence-electron chi connectivity index (χ1n) is 11.7. The van der Waals surface area contributed by atoms with E-state index in [0.717, 1.165) is 56.1 Å². The summed E-state index contributed by atoms with van der Waals surface area (Å²) in [5, 5.41) is 13.1. The van der Waals surface area contributed by atoms with Crippen molar-refractivity contribution in [2.24, 2.45) is 11.8 Å². The summed E-state index contributed by atoms with van der Waals surface area (Å²) < 4.78 is 0. The SMILES string of the molecule is Cc1cnc(CNC(=O)C[C@H]2CC[C@@H](CNC(=O)C3CCC3)N2CC2CC2)cn1.O=CO. The topological polar surface area (TPSA) is 125 Å². The maximum atomic E-state index is 12.5. The molecule has 176 valence electrons. The molecule has 1 aromatic rings. The number of hydrogen-bond acceptors (Lipinski definition) is 6. The van der Waals surface area contributed by atoms with Crippen LogP contribution in [0.2, 0.25) is 0 Å². The number of carbonyl (C=O) groups is 3. The molecule has 0 spiro atoms. The minimum Gasteiger partial charge on any atom is -0.483 e. The summed E-state index contributed by atoms with van der Waals surface area (Å²) in [7, 11) is 0. The van der Waals surface area contributed by atoms with E-state index in [2.05, 4.69) is 25.5 Å². The normalized spacial score (nSPS) is 22.9. The van der Waals surface area contributed by atoms with Crippen LogP contribution in [0.3, 0.4) is 0 Å². The van der Waals surface area contributed by atoms with E-state index in [1.807, 2.05) is 6.92 Å². The molecule has 4 rings (SSSR count). The standard InChI is InChI=1S/C22H33N5O2.CH2O2/c1-15-10-24-18(11-23-15)12-25-21(28)9-19-7-8-20(27(19)14-16-5-6-16)13-26-22(29)17-3-2-4-17;2-1-3/h10-11,16-17,19-20H,2-9,12-14H2,1H3,(H,25,28)(H,26,29);1H,(H,2,3)/t19-,20+;/m1./s1. The van der Waals surface area contributed by atoms with Gasteiger partial charge >= 0.3 is 0 Å². The van der Waals surface area contributed by atoms with Crippen LogP contribution >= 0.6 is 0 Å². The van der Waals surface area contributed by atoms with Gasteiger partial charge in [0.1, 0.15) is 0 Å². The number of rotatable bonds is 9. The van der Waals surface area contributed by atoms with Gasteiger partial charge in [-0.3, -0.25) is 29.3 Å². The average Bonchev–Trinajstić information content (AvgIpc) is 3.47. The molecule has 3 N–H and O–H groups in total. The lowest BCUT2D eigenvalue weighted by molar-refractivity contribution is -0.128. The molecule has 3 fully saturated rings. The van der Waals surface area contributed by atoms with Crippen molar-refractivity contribution in [1.29, 1.82) is 0 Å². The zero-order valence-electron chi connectivity index (χ0n) is 18.8. The van der Waals surface area contributed by atoms with E-state index in [1.54, 1.807) is 12.4 Å². The van der Waals surface area contributed by atoms with Gasteiger partial charge in [0.05, 0.1) is 24.1 Å². The third kappa shape index (κ3) is 7.25. The van der Waals surface area contributed by atoms with Gasteiger partial charge in [0, 0.05) is 43.7 Å². The van der Waals surface area contributed by atoms with E-state index in [4.69, 9.17) is 9.90 Å². The second-order valence-electron chi connectivity index (χ2n) is 9.13. The van der Waals surface area contributed by atoms with Gasteiger partial charge in [0.25, 0.3) is 6.47 Å². The molecule has 0 unspecified atom stereocenters. The Labute approximate surface area is 189 Å². The van der Waals surface area contributed by atoms with E-state index < -0.39 is 0 Å². The second kappa shape index (κ2) is 11.9. The fourth-order valence-electron chi connectivity index (χ4n) is 4.37. The molecule has 2 amide bonds. The summed E-state index contributed by atoms with van der Waals surface area (Å²) in [6.45, 7) is 3.85. The molecule has 0 bridgehead atoms. The van der Waals surface area contributed by atoms with Crippen molar-refractivity contribution in [3.05, 3.63) is 23.8 Å². The van der Waals surface area contributed by atoms with Crippen molar-refractivity contribution in [2.75, 3.05) is 13.1 Å². The molecule has 2 saturated carbocycles. The van der Waals surface area contributed by atoms with Gasteiger partial charge < -0.3 is 15.7 Å². The minimum atomic E-state index is -0.250. The maximum Gasteiger partial charge on any atom is 0.290 e. The van der Waals surface area contributed by atoms with Crippen LogP contribution < -0.4 is 10.6 Å². The van der Waals surface area contributed by atoms with Crippen molar-refractivity contribution in [3.8, 4) is 0 Å². The van der Waals surface area contributed by atoms with Gasteiger partial charge in [-0.15, -0.1) is 0 Å². The molecule has 9 heteroatoms. The highest BCUT2D eigenvalue weighted by molar-refractivity contribution is 5.79. The summed E-state index contributed by atoms with van der Waals surface area (Å²) in [6.07, 6.45) is 11.9. The zero-order chi connectivity index (χ0) is 22.9. The van der Waals surface area contributed by atoms with E-state index in [-0.39, 0.29) is 30.2 Å². The van der Waals surface area contributed by atoms with Gasteiger partial charge in [0.2, 0.25) is 11.8 Å². The van der Waals surface area contributed by atoms with Gasteiger partial charge in [-0.2, -0.15) is 0 Å². The van der Waals surface area contributed by atoms with E-state index in [1.165, 1.54) is 19.3 Å². The lowest BCUT2D eigenvalue weighted by Gasteiger charge is -2.31. The Balaban J connectivity index is 0.000000913. The Bertz CT molecular complexity index is 764. The van der Waals surface area contributed by atoms with Crippen molar-refractivity contribution in [1.82, 2.24) is 25.5 Å². The molecule has 2 atom stereocenters. The number of nitrogens with one attached hydrogen (secondary N) is 2. The Morgan fingerprint density at radius 3 is 2.41 bits per heavy atom. The lowest BCUT2D eigenvalue weighted by atomic mass is 9.85. The smallest absolute Gasteiger partial charge is 0.290 e. The van der Waals surface area contributed by atoms with Gasteiger partial charge in [-0.1, -0.05) is 6.42 Å². The van der Waals surface area contributed by atoms with Crippen molar-refractivity contribution in [2.45, 2.75) is 76.9 Å². The number of aryl methyl sites for hydroxylation is 1. The molecule has 3 aliphatic rings. The van der Waals surface area contributed by atoms with Crippen molar-refractivity contribution < 1.29 is 19.5 Å². The first-order valence-corrected chi connectivity index (χ1v) is 11.7. The van der Waals surface area contributed by atoms with Crippen LogP contribution in [-0.2, 0) is 20.9 Å². The fourth-order valence-corrected chi connectivity index (χ4v) is 4.37. The molecule has 9 nitrogen and oxygen atoms in total. The van der Waals surface area contributed by atoms with E-state index in [0.29, 0.717) is 19.0 Å². The molecular weight excluding hydrogens is 410 g/mol. The van der Waals surface area contributed by atoms with Gasteiger partial charge in [-0.25, -0.2) is 0 Å². The molecular formula is C23H35N5O4. The lowest BCUT2D eigenvalue weighted by Crippen LogP contribution is -2.47. The van der Waals surface area contributed by atoms with Crippen LogP contribution in [0.1, 0.15) is 62.8 Å². The molecule has 2 aliphatic carbocycles. The first-order chi connectivity index (χ1) is 15.5. The number of carboxylic acid groups (broad SMARTS) is 1. The second-order valence-corrected chi connectivity index (χ2v) is 9.13. The maximum absolute atomic E-state index is 12.5. The predicted molar refractivity (Wildman–Crippen MR) is 119 cm³/mol. The fraction of sp³-hybridized carbons (Fsp3) is 0.696. The van der Waals surface area contributed by atoms with Crippen LogP contribution in [0.4, 0.5) is 0 Å². The number of likely N-dealkylation sites (tertiary alicyclic amines) is 1. The predicted octanol–water partition coefficient (Wildman–Crippen LogP) is 1.65. The number of amides is 2. The number of hydrogen-bond donors (Lipinski definition) is 3. The van der Waals surface area contributed by atoms with Crippen LogP contribution in [0, 0.1) is 18.8 Å². The summed E-state index contributed by atoms with van der Waals surface area (Å²) in [5.74, 6) is 1.30. The summed E-state index contributed by atoms with van der Waals surface area (Å²) in [5.41, 5.74) is 1.65. The highest BCUT2D eigenvalue weighted by atomic mass is 16.3. The van der Waals surface area contributed by atoms with Crippen molar-refractivity contribution >= 4 is 18.3 Å². The third-order valence-corrected chi connectivity index (χ3v) is 6.65. The number of nitrogens with zero attached hydrogens (tertiary/aromatic N) is 3. The Hall–Kier alpha value is -2.55. The summed E-state index contributed by atoms with van der Waals surface area (Å²) in [4.78, 5) is 44.1. The van der Waals surface area contributed by atoms with E-state index >= 15 is 0 Å². The quantitative estimate of drug-likeness (QED) is 0.494. The molecule has 1 aromatic heterocycles. The number of aromatic nitrogens is 2. The molecule has 1 saturated heterocycles.